The van der Waals surface area contributed by atoms with Crippen LogP contribution < -0.4 is 21.3 Å². The summed E-state index contributed by atoms with van der Waals surface area (Å²) in [4.78, 5) is 37.9. The van der Waals surface area contributed by atoms with Crippen LogP contribution in [0, 0.1) is 13.8 Å². The van der Waals surface area contributed by atoms with Gasteiger partial charge in [0.25, 0.3) is 5.91 Å². The van der Waals surface area contributed by atoms with E-state index in [1.165, 1.54) is 6.07 Å². The summed E-state index contributed by atoms with van der Waals surface area (Å²) in [6, 6.07) is 18.2. The highest BCUT2D eigenvalue weighted by atomic mass is 19.4. The van der Waals surface area contributed by atoms with Crippen molar-refractivity contribution in [1.29, 1.82) is 0 Å². The summed E-state index contributed by atoms with van der Waals surface area (Å²) in [5.41, 5.74) is 2.95. The van der Waals surface area contributed by atoms with Gasteiger partial charge in [0.05, 0.1) is 12.1 Å². The number of halogens is 3. The molecule has 7 nitrogen and oxygen atoms in total. The number of nitrogens with one attached hydrogen (secondary N) is 4. The highest BCUT2D eigenvalue weighted by molar-refractivity contribution is 5.97. The Bertz CT molecular complexity index is 1300. The van der Waals surface area contributed by atoms with E-state index >= 15 is 0 Å². The van der Waals surface area contributed by atoms with Crippen LogP contribution in [0.1, 0.15) is 38.2 Å². The van der Waals surface area contributed by atoms with Crippen molar-refractivity contribution in [3.63, 3.8) is 0 Å². The summed E-state index contributed by atoms with van der Waals surface area (Å²) in [6.45, 7) is 4.31. The first-order valence-electron chi connectivity index (χ1n) is 12.4. The van der Waals surface area contributed by atoms with Crippen LogP contribution in [0.25, 0.3) is 0 Å². The highest BCUT2D eigenvalue weighted by Crippen LogP contribution is 2.29. The van der Waals surface area contributed by atoms with E-state index in [2.05, 4.69) is 27.3 Å². The molecule has 3 aromatic carbocycles. The minimum absolute atomic E-state index is 0.112. The summed E-state index contributed by atoms with van der Waals surface area (Å²) < 4.78 is 38.8. The summed E-state index contributed by atoms with van der Waals surface area (Å²) in [5, 5.41) is 10.9. The van der Waals surface area contributed by atoms with Crippen LogP contribution in [-0.4, -0.2) is 36.9 Å². The van der Waals surface area contributed by atoms with Crippen LogP contribution in [0.5, 0.6) is 0 Å². The Labute approximate surface area is 225 Å². The van der Waals surface area contributed by atoms with Gasteiger partial charge in [0.2, 0.25) is 11.8 Å². The molecule has 0 spiro atoms. The monoisotopic (exact) mass is 540 g/mol. The van der Waals surface area contributed by atoms with E-state index in [0.29, 0.717) is 12.6 Å². The molecule has 0 heterocycles. The Hall–Kier alpha value is -4.18. The highest BCUT2D eigenvalue weighted by Gasteiger charge is 2.31. The van der Waals surface area contributed by atoms with E-state index in [4.69, 9.17) is 0 Å². The predicted octanol–water partition coefficient (Wildman–Crippen LogP) is 3.64. The molecule has 0 radical (unpaired) electrons. The number of carbonyl (C=O) groups is 3. The van der Waals surface area contributed by atoms with Gasteiger partial charge < -0.3 is 21.3 Å². The lowest BCUT2D eigenvalue weighted by Gasteiger charge is -2.20. The van der Waals surface area contributed by atoms with Gasteiger partial charge in [-0.15, -0.1) is 0 Å². The molecule has 0 aliphatic heterocycles. The van der Waals surface area contributed by atoms with Gasteiger partial charge in [-0.25, -0.2) is 0 Å². The molecule has 0 saturated carbocycles. The number of hydrogen-bond acceptors (Lipinski definition) is 4. The first-order chi connectivity index (χ1) is 18.5. The Kier molecular flexibility index (Phi) is 10.2. The molecule has 0 aliphatic rings. The summed E-state index contributed by atoms with van der Waals surface area (Å²) in [7, 11) is 0. The third-order valence-electron chi connectivity index (χ3n) is 5.98. The van der Waals surface area contributed by atoms with Crippen molar-refractivity contribution >= 4 is 17.7 Å². The fourth-order valence-corrected chi connectivity index (χ4v) is 3.86. The van der Waals surface area contributed by atoms with E-state index in [-0.39, 0.29) is 18.7 Å². The van der Waals surface area contributed by atoms with Crippen LogP contribution in [0.15, 0.2) is 72.8 Å². The molecule has 39 heavy (non-hydrogen) atoms. The summed E-state index contributed by atoms with van der Waals surface area (Å²) in [5.74, 6) is -1.93. The number of alkyl halides is 3. The van der Waals surface area contributed by atoms with Gasteiger partial charge in [-0.05, 0) is 48.7 Å². The molecule has 10 heteroatoms. The molecule has 0 bridgehead atoms. The van der Waals surface area contributed by atoms with Crippen LogP contribution in [-0.2, 0) is 28.9 Å². The van der Waals surface area contributed by atoms with Crippen LogP contribution >= 0.6 is 0 Å². The van der Waals surface area contributed by atoms with Crippen LogP contribution in [0.2, 0.25) is 0 Å². The van der Waals surface area contributed by atoms with Crippen LogP contribution in [0.4, 0.5) is 13.2 Å². The summed E-state index contributed by atoms with van der Waals surface area (Å²) >= 11 is 0. The quantitative estimate of drug-likeness (QED) is 0.299. The summed E-state index contributed by atoms with van der Waals surface area (Å²) in [6.07, 6.45) is -4.60. The Morgan fingerprint density at radius 2 is 1.59 bits per heavy atom. The van der Waals surface area contributed by atoms with Gasteiger partial charge in [0.1, 0.15) is 6.04 Å². The van der Waals surface area contributed by atoms with E-state index in [9.17, 15) is 27.6 Å². The maximum Gasteiger partial charge on any atom is 0.416 e. The van der Waals surface area contributed by atoms with Gasteiger partial charge >= 0.3 is 6.18 Å². The fourth-order valence-electron chi connectivity index (χ4n) is 3.86. The molecular formula is C29H31F3N4O3. The minimum Gasteiger partial charge on any atom is -0.350 e. The molecule has 0 unspecified atom stereocenters. The molecule has 3 rings (SSSR count). The molecule has 3 aromatic rings. The van der Waals surface area contributed by atoms with Crippen molar-refractivity contribution in [2.24, 2.45) is 0 Å². The molecule has 1 atom stereocenters. The molecule has 3 amide bonds. The van der Waals surface area contributed by atoms with Gasteiger partial charge in [-0.3, -0.25) is 14.4 Å². The zero-order valence-electron chi connectivity index (χ0n) is 21.7. The second-order valence-corrected chi connectivity index (χ2v) is 9.15. The maximum atomic E-state index is 12.9. The second-order valence-electron chi connectivity index (χ2n) is 9.15. The fraction of sp³-hybridized carbons (Fsp3) is 0.276. The van der Waals surface area contributed by atoms with E-state index in [0.717, 1.165) is 34.4 Å². The van der Waals surface area contributed by atoms with Crippen molar-refractivity contribution < 1.29 is 27.6 Å². The van der Waals surface area contributed by atoms with Crippen LogP contribution in [0.3, 0.4) is 0 Å². The van der Waals surface area contributed by atoms with E-state index in [1.54, 1.807) is 0 Å². The molecule has 0 aliphatic carbocycles. The predicted molar refractivity (Wildman–Crippen MR) is 142 cm³/mol. The topological polar surface area (TPSA) is 99.3 Å². The molecule has 4 N–H and O–H groups in total. The van der Waals surface area contributed by atoms with Crippen molar-refractivity contribution in [1.82, 2.24) is 21.3 Å². The first kappa shape index (κ1) is 29.4. The number of hydrogen-bond donors (Lipinski definition) is 4. The maximum absolute atomic E-state index is 12.9. The third-order valence-corrected chi connectivity index (χ3v) is 5.98. The average molecular weight is 541 g/mol. The van der Waals surface area contributed by atoms with Gasteiger partial charge in [-0.2, -0.15) is 13.2 Å². The standard InChI is InChI=1S/C29H31F3N4O3/c1-19-11-12-23(20(2)13-19)16-33-17-25(28(39)34-15-21-7-4-3-5-8-21)36-26(37)18-35-27(38)22-9-6-10-24(14-22)29(30,31)32/h3-14,25,33H,15-18H2,1-2H3,(H,34,39)(H,35,38)(H,36,37)/t25-/m0/s1. The van der Waals surface area contributed by atoms with Crippen molar-refractivity contribution in [2.75, 3.05) is 13.1 Å². The lowest BCUT2D eigenvalue weighted by molar-refractivity contribution is -0.137. The number of carbonyl (C=O) groups excluding carboxylic acids is 3. The van der Waals surface area contributed by atoms with E-state index in [1.807, 2.05) is 56.3 Å². The average Bonchev–Trinajstić information content (AvgIpc) is 2.91. The zero-order valence-corrected chi connectivity index (χ0v) is 21.7. The molecule has 0 aromatic heterocycles. The Morgan fingerprint density at radius 3 is 2.28 bits per heavy atom. The largest absolute Gasteiger partial charge is 0.416 e. The minimum atomic E-state index is -4.60. The normalized spacial score (nSPS) is 11.9. The Morgan fingerprint density at radius 1 is 0.846 bits per heavy atom. The number of aryl methyl sites for hydroxylation is 2. The Balaban J connectivity index is 1.60. The number of amides is 3. The van der Waals surface area contributed by atoms with Gasteiger partial charge in [-0.1, -0.05) is 60.2 Å². The molecule has 0 saturated heterocycles. The first-order valence-corrected chi connectivity index (χ1v) is 12.4. The third kappa shape index (κ3) is 9.26. The number of rotatable bonds is 11. The van der Waals surface area contributed by atoms with Gasteiger partial charge in [0, 0.05) is 25.2 Å². The molecule has 206 valence electrons. The second kappa shape index (κ2) is 13.6. The zero-order chi connectivity index (χ0) is 28.4. The van der Waals surface area contributed by atoms with Crippen molar-refractivity contribution in [3.05, 3.63) is 106 Å². The smallest absolute Gasteiger partial charge is 0.350 e. The van der Waals surface area contributed by atoms with E-state index < -0.39 is 42.0 Å². The lowest BCUT2D eigenvalue weighted by atomic mass is 10.1. The van der Waals surface area contributed by atoms with Crippen molar-refractivity contribution in [3.8, 4) is 0 Å². The van der Waals surface area contributed by atoms with Crippen molar-refractivity contribution in [2.45, 2.75) is 39.2 Å². The SMILES string of the molecule is Cc1ccc(CNC[C@H](NC(=O)CNC(=O)c2cccc(C(F)(F)F)c2)C(=O)NCc2ccccc2)c(C)c1. The molecular weight excluding hydrogens is 509 g/mol. The van der Waals surface area contributed by atoms with Gasteiger partial charge in [0.15, 0.2) is 0 Å². The number of benzene rings is 3. The molecule has 0 fully saturated rings. The lowest BCUT2D eigenvalue weighted by Crippen LogP contribution is -2.53.